The van der Waals surface area contributed by atoms with E-state index in [9.17, 15) is 9.90 Å². The standard InChI is InChI=1S/C19H28O2/c1-18-11-9-16-14(15(18)7-8-17(18)21)6-5-13-4-2-3-10-19(13,16)12-20/h5,14-16,20H,2-4,6-12H2,1H3/t14-,15-,16-,18-,19+/m0/s1/i2D,6D2/t2-,14-,15-,16-,18-,19+. The lowest BCUT2D eigenvalue weighted by atomic mass is 9.48. The zero-order valence-electron chi connectivity index (χ0n) is 15.9. The molecule has 1 N–H and O–H groups in total. The van der Waals surface area contributed by atoms with Crippen molar-refractivity contribution >= 4 is 5.78 Å². The molecular weight excluding hydrogens is 260 g/mol. The van der Waals surface area contributed by atoms with Crippen LogP contribution in [0.3, 0.4) is 0 Å². The molecule has 0 heterocycles. The first kappa shape index (κ1) is 11.0. The summed E-state index contributed by atoms with van der Waals surface area (Å²) < 4.78 is 25.6. The number of ketones is 1. The molecule has 0 bridgehead atoms. The first-order chi connectivity index (χ1) is 11.2. The zero-order valence-corrected chi connectivity index (χ0v) is 12.9. The normalized spacial score (nSPS) is 57.1. The Morgan fingerprint density at radius 1 is 1.33 bits per heavy atom. The van der Waals surface area contributed by atoms with Gasteiger partial charge in [0.2, 0.25) is 0 Å². The van der Waals surface area contributed by atoms with E-state index >= 15 is 0 Å². The van der Waals surface area contributed by atoms with Crippen LogP contribution in [0.2, 0.25) is 0 Å². The molecule has 4 aliphatic rings. The molecular formula is C19H28O2. The molecule has 6 atom stereocenters. The third-order valence-electron chi connectivity index (χ3n) is 7.22. The van der Waals surface area contributed by atoms with Crippen molar-refractivity contribution < 1.29 is 14.0 Å². The van der Waals surface area contributed by atoms with Crippen LogP contribution in [-0.4, -0.2) is 17.5 Å². The number of rotatable bonds is 1. The number of hydrogen-bond acceptors (Lipinski definition) is 2. The number of aliphatic hydroxyl groups excluding tert-OH is 1. The molecule has 0 aromatic heterocycles. The maximum absolute atomic E-state index is 12.5. The van der Waals surface area contributed by atoms with Gasteiger partial charge in [-0.3, -0.25) is 4.79 Å². The van der Waals surface area contributed by atoms with Gasteiger partial charge in [0, 0.05) is 21.4 Å². The summed E-state index contributed by atoms with van der Waals surface area (Å²) in [6.45, 7) is 2.10. The Balaban J connectivity index is 1.82. The fraction of sp³-hybridized carbons (Fsp3) is 0.842. The Bertz CT molecular complexity index is 601. The van der Waals surface area contributed by atoms with Gasteiger partial charge in [0.1, 0.15) is 5.78 Å². The van der Waals surface area contributed by atoms with Gasteiger partial charge in [-0.05, 0) is 62.6 Å². The van der Waals surface area contributed by atoms with Gasteiger partial charge < -0.3 is 5.11 Å². The van der Waals surface area contributed by atoms with E-state index in [1.807, 2.05) is 6.92 Å². The summed E-state index contributed by atoms with van der Waals surface area (Å²) in [5.41, 5.74) is 0.264. The summed E-state index contributed by atoms with van der Waals surface area (Å²) in [5.74, 6) is 0.327. The van der Waals surface area contributed by atoms with Gasteiger partial charge >= 0.3 is 0 Å². The molecule has 0 aliphatic heterocycles. The smallest absolute Gasteiger partial charge is 0.139 e. The second-order valence-corrected chi connectivity index (χ2v) is 7.84. The van der Waals surface area contributed by atoms with Gasteiger partial charge in [0.15, 0.2) is 0 Å². The third-order valence-corrected chi connectivity index (χ3v) is 7.22. The third kappa shape index (κ3) is 1.72. The molecule has 0 aromatic carbocycles. The number of aliphatic hydroxyl groups is 1. The van der Waals surface area contributed by atoms with Crippen LogP contribution >= 0.6 is 0 Å². The minimum absolute atomic E-state index is 0.0557. The van der Waals surface area contributed by atoms with Crippen molar-refractivity contribution in [1.82, 2.24) is 0 Å². The molecule has 4 rings (SSSR count). The minimum atomic E-state index is -1.44. The summed E-state index contributed by atoms with van der Waals surface area (Å²) in [5, 5.41) is 10.3. The monoisotopic (exact) mass is 291 g/mol. The van der Waals surface area contributed by atoms with Gasteiger partial charge in [0.25, 0.3) is 0 Å². The molecule has 0 amide bonds. The van der Waals surface area contributed by atoms with E-state index in [1.54, 1.807) is 6.08 Å². The van der Waals surface area contributed by atoms with Crippen molar-refractivity contribution in [2.24, 2.45) is 28.6 Å². The number of fused-ring (bicyclic) bond motifs is 5. The molecule has 116 valence electrons. The van der Waals surface area contributed by atoms with E-state index in [-0.39, 0.29) is 41.6 Å². The first-order valence-corrected chi connectivity index (χ1v) is 8.53. The highest BCUT2D eigenvalue weighted by atomic mass is 16.3. The van der Waals surface area contributed by atoms with Gasteiger partial charge in [-0.1, -0.05) is 25.0 Å². The summed E-state index contributed by atoms with van der Waals surface area (Å²) in [4.78, 5) is 12.5. The maximum Gasteiger partial charge on any atom is 0.139 e. The van der Waals surface area contributed by atoms with Crippen LogP contribution in [0.1, 0.15) is 68.8 Å². The summed E-state index contributed by atoms with van der Waals surface area (Å²) in [6, 6.07) is 0. The van der Waals surface area contributed by atoms with E-state index in [2.05, 4.69) is 0 Å². The van der Waals surface area contributed by atoms with Crippen LogP contribution in [0.25, 0.3) is 0 Å². The summed E-state index contributed by atoms with van der Waals surface area (Å²) in [7, 11) is 0. The highest BCUT2D eigenvalue weighted by Gasteiger charge is 2.59. The highest BCUT2D eigenvalue weighted by Crippen LogP contribution is 2.63. The molecule has 3 saturated carbocycles. The number of Topliss-reactive ketones (excluding diaryl/α,β-unsaturated/α-hetero) is 1. The average molecular weight is 291 g/mol. The van der Waals surface area contributed by atoms with Crippen LogP contribution in [0.15, 0.2) is 11.6 Å². The lowest BCUT2D eigenvalue weighted by Crippen LogP contribution is -2.52. The van der Waals surface area contributed by atoms with Crippen LogP contribution in [0.4, 0.5) is 0 Å². The van der Waals surface area contributed by atoms with E-state index in [4.69, 9.17) is 4.11 Å². The van der Waals surface area contributed by atoms with Gasteiger partial charge in [-0.15, -0.1) is 0 Å². The molecule has 3 fully saturated rings. The highest BCUT2D eigenvalue weighted by molar-refractivity contribution is 5.87. The molecule has 0 spiro atoms. The van der Waals surface area contributed by atoms with Crippen LogP contribution in [0, 0.1) is 28.6 Å². The van der Waals surface area contributed by atoms with E-state index in [0.29, 0.717) is 18.6 Å². The second kappa shape index (κ2) is 4.68. The zero-order chi connectivity index (χ0) is 17.3. The molecule has 0 radical (unpaired) electrons. The van der Waals surface area contributed by atoms with Crippen molar-refractivity contribution in [3.8, 4) is 0 Å². The van der Waals surface area contributed by atoms with E-state index < -0.39 is 6.37 Å². The number of carbonyl (C=O) groups excluding carboxylic acids is 1. The van der Waals surface area contributed by atoms with Crippen LogP contribution in [-0.2, 0) is 4.79 Å². The molecule has 4 aliphatic carbocycles. The Labute approximate surface area is 132 Å². The van der Waals surface area contributed by atoms with Crippen molar-refractivity contribution in [3.05, 3.63) is 11.6 Å². The van der Waals surface area contributed by atoms with Crippen molar-refractivity contribution in [1.29, 1.82) is 0 Å². The fourth-order valence-electron chi connectivity index (χ4n) is 5.87. The predicted octanol–water partition coefficient (Wildman–Crippen LogP) is 3.88. The summed E-state index contributed by atoms with van der Waals surface area (Å²) in [6.07, 6.45) is 5.32. The van der Waals surface area contributed by atoms with Gasteiger partial charge in [-0.25, -0.2) is 0 Å². The minimum Gasteiger partial charge on any atom is -0.395 e. The quantitative estimate of drug-likeness (QED) is 0.744. The first-order valence-electron chi connectivity index (χ1n) is 10.1. The predicted molar refractivity (Wildman–Crippen MR) is 82.7 cm³/mol. The lowest BCUT2D eigenvalue weighted by molar-refractivity contribution is -0.132. The number of carbonyl (C=O) groups is 1. The van der Waals surface area contributed by atoms with E-state index in [0.717, 1.165) is 37.7 Å². The molecule has 0 saturated heterocycles. The maximum atomic E-state index is 12.5. The Morgan fingerprint density at radius 2 is 2.19 bits per heavy atom. The number of hydrogen-bond donors (Lipinski definition) is 1. The van der Waals surface area contributed by atoms with E-state index in [1.165, 1.54) is 0 Å². The molecule has 2 nitrogen and oxygen atoms in total. The van der Waals surface area contributed by atoms with Crippen molar-refractivity contribution in [2.75, 3.05) is 6.61 Å². The topological polar surface area (TPSA) is 37.3 Å². The Kier molecular flexibility index (Phi) is 2.45. The fourth-order valence-corrected chi connectivity index (χ4v) is 5.87. The van der Waals surface area contributed by atoms with Crippen molar-refractivity contribution in [3.63, 3.8) is 0 Å². The van der Waals surface area contributed by atoms with Gasteiger partial charge in [-0.2, -0.15) is 0 Å². The van der Waals surface area contributed by atoms with Crippen LogP contribution in [0.5, 0.6) is 0 Å². The Hall–Kier alpha value is -0.630. The SMILES string of the molecule is [2H][C@H]1CC[C@@]2(CO)C(=CC([2H])([2H])[C@@H]3[C@@H]2CC[C@]2(C)C(=O)CC[C@@H]32)C1. The lowest BCUT2D eigenvalue weighted by Gasteiger charge is -2.57. The van der Waals surface area contributed by atoms with Crippen LogP contribution < -0.4 is 0 Å². The molecule has 0 unspecified atom stereocenters. The molecule has 2 heteroatoms. The summed E-state index contributed by atoms with van der Waals surface area (Å²) >= 11 is 0. The number of allylic oxidation sites excluding steroid dienone is 1. The largest absolute Gasteiger partial charge is 0.395 e. The second-order valence-electron chi connectivity index (χ2n) is 7.84. The molecule has 21 heavy (non-hydrogen) atoms. The molecule has 0 aromatic rings. The van der Waals surface area contributed by atoms with Crippen molar-refractivity contribution in [2.45, 2.75) is 64.6 Å². The average Bonchev–Trinajstić information content (AvgIpc) is 2.82. The Morgan fingerprint density at radius 3 is 3.00 bits per heavy atom. The van der Waals surface area contributed by atoms with Gasteiger partial charge in [0.05, 0.1) is 6.61 Å².